The van der Waals surface area contributed by atoms with Gasteiger partial charge >= 0.3 is 0 Å². The SMILES string of the molecule is OCCCCN(Cc1noc(-c2cccc(Cl)c2)n1)C1CC1. The van der Waals surface area contributed by atoms with Crippen LogP contribution in [-0.2, 0) is 6.54 Å². The predicted octanol–water partition coefficient (Wildman–Crippen LogP) is 3.13. The molecule has 0 radical (unpaired) electrons. The summed E-state index contributed by atoms with van der Waals surface area (Å²) in [6.07, 6.45) is 4.30. The van der Waals surface area contributed by atoms with Crippen LogP contribution >= 0.6 is 11.6 Å². The molecule has 1 aliphatic rings. The van der Waals surface area contributed by atoms with E-state index in [1.165, 1.54) is 12.8 Å². The lowest BCUT2D eigenvalue weighted by molar-refractivity contribution is 0.222. The Bertz CT molecular complexity index is 613. The lowest BCUT2D eigenvalue weighted by atomic mass is 10.2. The van der Waals surface area contributed by atoms with E-state index in [1.807, 2.05) is 24.3 Å². The largest absolute Gasteiger partial charge is 0.396 e. The van der Waals surface area contributed by atoms with Crippen molar-refractivity contribution in [1.82, 2.24) is 15.0 Å². The van der Waals surface area contributed by atoms with Crippen LogP contribution in [0.3, 0.4) is 0 Å². The van der Waals surface area contributed by atoms with Crippen molar-refractivity contribution in [3.8, 4) is 11.5 Å². The zero-order valence-electron chi connectivity index (χ0n) is 12.4. The highest BCUT2D eigenvalue weighted by molar-refractivity contribution is 6.30. The third-order valence-electron chi connectivity index (χ3n) is 3.80. The second kappa shape index (κ2) is 7.22. The van der Waals surface area contributed by atoms with Crippen molar-refractivity contribution >= 4 is 11.6 Å². The highest BCUT2D eigenvalue weighted by Crippen LogP contribution is 2.28. The number of rotatable bonds is 8. The maximum atomic E-state index is 8.91. The fourth-order valence-electron chi connectivity index (χ4n) is 2.50. The molecule has 1 aliphatic carbocycles. The molecule has 0 unspecified atom stereocenters. The van der Waals surface area contributed by atoms with Crippen LogP contribution in [0.15, 0.2) is 28.8 Å². The van der Waals surface area contributed by atoms with Crippen molar-refractivity contribution in [2.45, 2.75) is 38.3 Å². The normalized spacial score (nSPS) is 14.7. The molecule has 1 aromatic heterocycles. The summed E-state index contributed by atoms with van der Waals surface area (Å²) < 4.78 is 5.35. The fraction of sp³-hybridized carbons (Fsp3) is 0.500. The molecule has 0 amide bonds. The maximum Gasteiger partial charge on any atom is 0.258 e. The third kappa shape index (κ3) is 4.06. The Morgan fingerprint density at radius 1 is 1.32 bits per heavy atom. The summed E-state index contributed by atoms with van der Waals surface area (Å²) in [4.78, 5) is 6.85. The molecule has 118 valence electrons. The number of halogens is 1. The van der Waals surface area contributed by atoms with Gasteiger partial charge in [-0.15, -0.1) is 0 Å². The van der Waals surface area contributed by atoms with E-state index in [0.29, 0.717) is 29.3 Å². The number of benzene rings is 1. The van der Waals surface area contributed by atoms with Gasteiger partial charge in [-0.3, -0.25) is 4.90 Å². The second-order valence-corrected chi connectivity index (χ2v) is 6.09. The first-order chi connectivity index (χ1) is 10.8. The first kappa shape index (κ1) is 15.5. The molecule has 5 nitrogen and oxygen atoms in total. The molecule has 22 heavy (non-hydrogen) atoms. The van der Waals surface area contributed by atoms with Crippen LogP contribution in [-0.4, -0.2) is 39.3 Å². The van der Waals surface area contributed by atoms with Crippen LogP contribution < -0.4 is 0 Å². The first-order valence-corrected chi connectivity index (χ1v) is 8.07. The second-order valence-electron chi connectivity index (χ2n) is 5.66. The smallest absolute Gasteiger partial charge is 0.258 e. The van der Waals surface area contributed by atoms with E-state index < -0.39 is 0 Å². The zero-order valence-corrected chi connectivity index (χ0v) is 13.2. The Balaban J connectivity index is 1.65. The van der Waals surface area contributed by atoms with E-state index in [4.69, 9.17) is 21.2 Å². The van der Waals surface area contributed by atoms with Crippen LogP contribution in [0.1, 0.15) is 31.5 Å². The van der Waals surface area contributed by atoms with Gasteiger partial charge in [0.25, 0.3) is 5.89 Å². The van der Waals surface area contributed by atoms with Crippen molar-refractivity contribution in [1.29, 1.82) is 0 Å². The Hall–Kier alpha value is -1.43. The van der Waals surface area contributed by atoms with Crippen LogP contribution in [0.25, 0.3) is 11.5 Å². The van der Waals surface area contributed by atoms with Gasteiger partial charge in [0.2, 0.25) is 0 Å². The summed E-state index contributed by atoms with van der Waals surface area (Å²) in [5.41, 5.74) is 0.838. The van der Waals surface area contributed by atoms with Gasteiger partial charge in [-0.25, -0.2) is 0 Å². The monoisotopic (exact) mass is 321 g/mol. The van der Waals surface area contributed by atoms with E-state index in [2.05, 4.69) is 15.0 Å². The molecule has 2 aromatic rings. The molecule has 3 rings (SSSR count). The average molecular weight is 322 g/mol. The number of nitrogens with zero attached hydrogens (tertiary/aromatic N) is 3. The Labute approximate surface area is 134 Å². The van der Waals surface area contributed by atoms with E-state index in [0.717, 1.165) is 24.9 Å². The van der Waals surface area contributed by atoms with E-state index in [-0.39, 0.29) is 6.61 Å². The molecule has 1 saturated carbocycles. The number of aromatic nitrogens is 2. The van der Waals surface area contributed by atoms with Crippen LogP contribution in [0.4, 0.5) is 0 Å². The van der Waals surface area contributed by atoms with Gasteiger partial charge in [-0.1, -0.05) is 22.8 Å². The molecule has 0 saturated heterocycles. The molecule has 1 aromatic carbocycles. The lowest BCUT2D eigenvalue weighted by Crippen LogP contribution is -2.27. The number of hydrogen-bond acceptors (Lipinski definition) is 5. The van der Waals surface area contributed by atoms with Gasteiger partial charge in [0.05, 0.1) is 6.54 Å². The molecule has 1 N–H and O–H groups in total. The van der Waals surface area contributed by atoms with Crippen molar-refractivity contribution < 1.29 is 9.63 Å². The number of hydrogen-bond donors (Lipinski definition) is 1. The van der Waals surface area contributed by atoms with Gasteiger partial charge < -0.3 is 9.63 Å². The number of aliphatic hydroxyl groups is 1. The van der Waals surface area contributed by atoms with Gasteiger partial charge in [0, 0.05) is 23.2 Å². The molecule has 0 atom stereocenters. The first-order valence-electron chi connectivity index (χ1n) is 7.69. The Morgan fingerprint density at radius 2 is 2.18 bits per heavy atom. The van der Waals surface area contributed by atoms with E-state index in [9.17, 15) is 0 Å². The average Bonchev–Trinajstić information content (AvgIpc) is 3.26. The standard InChI is InChI=1S/C16H20ClN3O2/c17-13-5-3-4-12(10-13)16-18-15(19-22-16)11-20(14-6-7-14)8-1-2-9-21/h3-5,10,14,21H,1-2,6-9,11H2. The number of aliphatic hydroxyl groups excluding tert-OH is 1. The minimum absolute atomic E-state index is 0.250. The van der Waals surface area contributed by atoms with Gasteiger partial charge in [-0.2, -0.15) is 4.98 Å². The molecular weight excluding hydrogens is 302 g/mol. The lowest BCUT2D eigenvalue weighted by Gasteiger charge is -2.19. The molecule has 1 heterocycles. The molecule has 0 spiro atoms. The highest BCUT2D eigenvalue weighted by atomic mass is 35.5. The third-order valence-corrected chi connectivity index (χ3v) is 4.04. The Kier molecular flexibility index (Phi) is 5.08. The van der Waals surface area contributed by atoms with Gasteiger partial charge in [0.15, 0.2) is 5.82 Å². The summed E-state index contributed by atoms with van der Waals surface area (Å²) in [5, 5.41) is 13.6. The summed E-state index contributed by atoms with van der Waals surface area (Å²) in [7, 11) is 0. The summed E-state index contributed by atoms with van der Waals surface area (Å²) in [6.45, 7) is 1.91. The zero-order chi connectivity index (χ0) is 15.4. The molecular formula is C16H20ClN3O2. The van der Waals surface area contributed by atoms with Crippen LogP contribution in [0, 0.1) is 0 Å². The minimum atomic E-state index is 0.250. The fourth-order valence-corrected chi connectivity index (χ4v) is 2.69. The molecule has 1 fully saturated rings. The van der Waals surface area contributed by atoms with Crippen LogP contribution in [0.5, 0.6) is 0 Å². The summed E-state index contributed by atoms with van der Waals surface area (Å²) in [5.74, 6) is 1.20. The van der Waals surface area contributed by atoms with E-state index >= 15 is 0 Å². The molecule has 0 bridgehead atoms. The van der Waals surface area contributed by atoms with Crippen molar-refractivity contribution in [2.75, 3.05) is 13.2 Å². The van der Waals surface area contributed by atoms with Gasteiger partial charge in [0.1, 0.15) is 0 Å². The Morgan fingerprint density at radius 3 is 2.91 bits per heavy atom. The molecule has 6 heteroatoms. The van der Waals surface area contributed by atoms with Crippen LogP contribution in [0.2, 0.25) is 5.02 Å². The highest BCUT2D eigenvalue weighted by Gasteiger charge is 2.29. The predicted molar refractivity (Wildman–Crippen MR) is 84.5 cm³/mol. The van der Waals surface area contributed by atoms with Crippen molar-refractivity contribution in [3.63, 3.8) is 0 Å². The summed E-state index contributed by atoms with van der Waals surface area (Å²) >= 11 is 5.99. The van der Waals surface area contributed by atoms with Gasteiger partial charge in [-0.05, 0) is 50.4 Å². The number of unbranched alkanes of at least 4 members (excludes halogenated alkanes) is 1. The molecule has 0 aliphatic heterocycles. The maximum absolute atomic E-state index is 8.91. The quantitative estimate of drug-likeness (QED) is 0.757. The summed E-state index contributed by atoms with van der Waals surface area (Å²) in [6, 6.07) is 8.04. The topological polar surface area (TPSA) is 62.4 Å². The van der Waals surface area contributed by atoms with Crippen molar-refractivity contribution in [2.24, 2.45) is 0 Å². The van der Waals surface area contributed by atoms with Crippen molar-refractivity contribution in [3.05, 3.63) is 35.1 Å². The van der Waals surface area contributed by atoms with E-state index in [1.54, 1.807) is 0 Å². The minimum Gasteiger partial charge on any atom is -0.396 e.